The molecule has 5 N–H and O–H groups in total. The lowest BCUT2D eigenvalue weighted by Gasteiger charge is -2.16. The van der Waals surface area contributed by atoms with Crippen LogP contribution < -0.4 is 16.6 Å². The number of aryl methyl sites for hydroxylation is 1. The van der Waals surface area contributed by atoms with Gasteiger partial charge in [0.05, 0.1) is 25.0 Å². The molecule has 0 aromatic carbocycles. The van der Waals surface area contributed by atoms with Gasteiger partial charge in [0.15, 0.2) is 12.4 Å². The minimum absolute atomic E-state index is 0.125. The summed E-state index contributed by atoms with van der Waals surface area (Å²) in [5.41, 5.74) is -0.707. The highest BCUT2D eigenvalue weighted by Crippen LogP contribution is 2.30. The van der Waals surface area contributed by atoms with E-state index < -0.39 is 42.5 Å². The number of nitrogens with zero attached hydrogens (tertiary/aromatic N) is 2. The first kappa shape index (κ1) is 20.9. The van der Waals surface area contributed by atoms with Gasteiger partial charge in [0.25, 0.3) is 5.56 Å². The summed E-state index contributed by atoms with van der Waals surface area (Å²) in [6.45, 7) is -0.320. The third-order valence-electron chi connectivity index (χ3n) is 4.63. The number of rotatable bonds is 8. The van der Waals surface area contributed by atoms with E-state index in [1.807, 2.05) is 0 Å². The number of carbonyl (C=O) groups excluding carboxylic acids is 1. The second kappa shape index (κ2) is 9.11. The molecule has 0 unspecified atom stereocenters. The van der Waals surface area contributed by atoms with Gasteiger partial charge in [-0.05, 0) is 12.8 Å². The van der Waals surface area contributed by atoms with Gasteiger partial charge in [-0.2, -0.15) is 0 Å². The van der Waals surface area contributed by atoms with E-state index in [0.29, 0.717) is 18.7 Å². The van der Waals surface area contributed by atoms with Crippen LogP contribution in [0.15, 0.2) is 28.3 Å². The topological polar surface area (TPSA) is 162 Å². The molecule has 12 heteroatoms. The fourth-order valence-electron chi connectivity index (χ4n) is 3.09. The van der Waals surface area contributed by atoms with E-state index >= 15 is 0 Å². The number of aromatic amines is 2. The molecule has 0 aliphatic carbocycles. The van der Waals surface area contributed by atoms with Gasteiger partial charge in [0.2, 0.25) is 5.91 Å². The van der Waals surface area contributed by atoms with Crippen LogP contribution in [0.1, 0.15) is 23.9 Å². The molecule has 158 valence electrons. The Hall–Kier alpha value is -2.83. The molecular weight excluding hydrogens is 389 g/mol. The number of aliphatic hydroxyl groups is 2. The number of carbonyl (C=O) groups is 1. The summed E-state index contributed by atoms with van der Waals surface area (Å²) < 4.78 is 20.3. The summed E-state index contributed by atoms with van der Waals surface area (Å²) >= 11 is 0. The normalized spacial score (nSPS) is 24.0. The van der Waals surface area contributed by atoms with E-state index in [1.54, 1.807) is 6.20 Å². The Morgan fingerprint density at radius 2 is 2.21 bits per heavy atom. The van der Waals surface area contributed by atoms with Gasteiger partial charge in [0.1, 0.15) is 12.2 Å². The monoisotopic (exact) mass is 411 g/mol. The molecule has 0 spiro atoms. The number of amides is 1. The molecule has 1 saturated heterocycles. The Kier molecular flexibility index (Phi) is 6.56. The fraction of sp³-hybridized carbons (Fsp3) is 0.529. The van der Waals surface area contributed by atoms with E-state index in [1.165, 1.54) is 12.5 Å². The van der Waals surface area contributed by atoms with Crippen molar-refractivity contribution in [3.63, 3.8) is 0 Å². The molecule has 2 aromatic rings. The van der Waals surface area contributed by atoms with Gasteiger partial charge in [-0.3, -0.25) is 19.1 Å². The zero-order valence-electron chi connectivity index (χ0n) is 15.4. The van der Waals surface area contributed by atoms with Gasteiger partial charge in [-0.25, -0.2) is 14.2 Å². The molecule has 2 aromatic heterocycles. The molecule has 1 aliphatic rings. The third-order valence-corrected chi connectivity index (χ3v) is 4.63. The van der Waals surface area contributed by atoms with E-state index in [4.69, 9.17) is 9.84 Å². The first-order valence-electron chi connectivity index (χ1n) is 9.08. The zero-order valence-corrected chi connectivity index (χ0v) is 15.4. The number of halogens is 1. The van der Waals surface area contributed by atoms with E-state index in [2.05, 4.69) is 20.3 Å². The van der Waals surface area contributed by atoms with Gasteiger partial charge in [0, 0.05) is 24.5 Å². The smallest absolute Gasteiger partial charge is 0.330 e. The zero-order chi connectivity index (χ0) is 21.0. The van der Waals surface area contributed by atoms with Crippen LogP contribution in [0.25, 0.3) is 0 Å². The first-order valence-corrected chi connectivity index (χ1v) is 9.08. The average Bonchev–Trinajstić information content (AvgIpc) is 3.29. The van der Waals surface area contributed by atoms with Gasteiger partial charge < -0.3 is 25.3 Å². The molecule has 1 amide bonds. The number of aromatic nitrogens is 4. The van der Waals surface area contributed by atoms with Crippen LogP contribution >= 0.6 is 0 Å². The minimum atomic E-state index is -1.94. The lowest BCUT2D eigenvalue weighted by molar-refractivity contribution is -0.120. The van der Waals surface area contributed by atoms with Crippen LogP contribution in [0.3, 0.4) is 0 Å². The number of hydrogen-bond acceptors (Lipinski definition) is 7. The van der Waals surface area contributed by atoms with Crippen molar-refractivity contribution in [2.24, 2.45) is 0 Å². The van der Waals surface area contributed by atoms with Gasteiger partial charge in [-0.15, -0.1) is 0 Å². The molecule has 0 radical (unpaired) electrons. The molecule has 1 fully saturated rings. The predicted octanol–water partition coefficient (Wildman–Crippen LogP) is -1.86. The summed E-state index contributed by atoms with van der Waals surface area (Å²) in [5.74, 6) is -0.223. The third kappa shape index (κ3) is 4.78. The number of nitrogens with one attached hydrogen (secondary N) is 3. The molecule has 11 nitrogen and oxygen atoms in total. The van der Waals surface area contributed by atoms with Crippen LogP contribution in [0.2, 0.25) is 0 Å². The molecule has 0 bridgehead atoms. The summed E-state index contributed by atoms with van der Waals surface area (Å²) in [6.07, 6.45) is -1.14. The maximum absolute atomic E-state index is 14.3. The van der Waals surface area contributed by atoms with Crippen LogP contribution in [0.5, 0.6) is 0 Å². The van der Waals surface area contributed by atoms with Crippen molar-refractivity contribution in [2.75, 3.05) is 13.2 Å². The second-order valence-corrected chi connectivity index (χ2v) is 6.69. The Morgan fingerprint density at radius 3 is 2.86 bits per heavy atom. The van der Waals surface area contributed by atoms with Crippen LogP contribution in [-0.4, -0.2) is 67.2 Å². The highest BCUT2D eigenvalue weighted by Gasteiger charge is 2.45. The molecule has 3 rings (SSSR count). The number of H-pyrrole nitrogens is 2. The number of hydrogen-bond donors (Lipinski definition) is 5. The highest BCUT2D eigenvalue weighted by atomic mass is 19.1. The molecule has 1 aliphatic heterocycles. The Morgan fingerprint density at radius 1 is 1.41 bits per heavy atom. The molecule has 0 saturated carbocycles. The van der Waals surface area contributed by atoms with Crippen molar-refractivity contribution < 1.29 is 24.1 Å². The van der Waals surface area contributed by atoms with Crippen molar-refractivity contribution in [3.05, 3.63) is 50.8 Å². The fourth-order valence-corrected chi connectivity index (χ4v) is 3.09. The Bertz CT molecular complexity index is 943. The van der Waals surface area contributed by atoms with Crippen molar-refractivity contribution >= 4 is 5.91 Å². The summed E-state index contributed by atoms with van der Waals surface area (Å²) in [7, 11) is 0. The average molecular weight is 411 g/mol. The van der Waals surface area contributed by atoms with E-state index in [-0.39, 0.29) is 24.3 Å². The Labute approximate surface area is 163 Å². The van der Waals surface area contributed by atoms with Crippen molar-refractivity contribution in [2.45, 2.75) is 43.9 Å². The summed E-state index contributed by atoms with van der Waals surface area (Å²) in [4.78, 5) is 44.7. The van der Waals surface area contributed by atoms with Gasteiger partial charge >= 0.3 is 5.69 Å². The molecule has 3 heterocycles. The second-order valence-electron chi connectivity index (χ2n) is 6.69. The molecule has 29 heavy (non-hydrogen) atoms. The van der Waals surface area contributed by atoms with Crippen molar-refractivity contribution in [1.82, 2.24) is 24.8 Å². The van der Waals surface area contributed by atoms with Crippen LogP contribution in [0.4, 0.5) is 4.39 Å². The molecular formula is C17H22FN5O6. The predicted molar refractivity (Wildman–Crippen MR) is 96.8 cm³/mol. The standard InChI is InChI=1S/C17H22FN5O6/c18-13-14(26)11(7-24)29-16(13)23-6-9(15(27)22-17(23)28)2-1-3-20-12(25)4-10-5-19-8-21-10/h5-6,8,11,13-14,16,24,26H,1-4,7H2,(H,19,21)(H,20,25)(H,22,27,28)/t11-,13-,14-,16-/m1/s1. The largest absolute Gasteiger partial charge is 0.394 e. The minimum Gasteiger partial charge on any atom is -0.394 e. The van der Waals surface area contributed by atoms with Crippen LogP contribution in [0, 0.1) is 0 Å². The molecule has 4 atom stereocenters. The number of aliphatic hydroxyl groups excluding tert-OH is 2. The Balaban J connectivity index is 1.60. The number of ether oxygens (including phenoxy) is 1. The lowest BCUT2D eigenvalue weighted by Crippen LogP contribution is -2.37. The van der Waals surface area contributed by atoms with Crippen molar-refractivity contribution in [1.29, 1.82) is 0 Å². The summed E-state index contributed by atoms with van der Waals surface area (Å²) in [6, 6.07) is 0. The SMILES string of the molecule is O=C(Cc1c[nH]cn1)NCCCc1cn([C@@H]2O[C@H](CO)[C@@H](O)[C@H]2F)c(=O)[nH]c1=O. The quantitative estimate of drug-likeness (QED) is 0.318. The number of imidazole rings is 1. The van der Waals surface area contributed by atoms with Crippen LogP contribution in [-0.2, 0) is 22.4 Å². The number of alkyl halides is 1. The van der Waals surface area contributed by atoms with Gasteiger partial charge in [-0.1, -0.05) is 0 Å². The maximum Gasteiger partial charge on any atom is 0.330 e. The lowest BCUT2D eigenvalue weighted by atomic mass is 10.1. The first-order chi connectivity index (χ1) is 13.9. The van der Waals surface area contributed by atoms with E-state index in [9.17, 15) is 23.9 Å². The highest BCUT2D eigenvalue weighted by molar-refractivity contribution is 5.77. The van der Waals surface area contributed by atoms with E-state index in [0.717, 1.165) is 4.57 Å². The maximum atomic E-state index is 14.3. The van der Waals surface area contributed by atoms with Crippen molar-refractivity contribution in [3.8, 4) is 0 Å². The summed E-state index contributed by atoms with van der Waals surface area (Å²) in [5, 5.41) is 21.5.